The monoisotopic (exact) mass is 299 g/mol. The molecule has 4 heteroatoms. The highest BCUT2D eigenvalue weighted by atomic mass is 16.2. The molecule has 4 nitrogen and oxygen atoms in total. The maximum absolute atomic E-state index is 13.1. The van der Waals surface area contributed by atoms with Crippen LogP contribution in [0.15, 0.2) is 18.2 Å². The van der Waals surface area contributed by atoms with Crippen LogP contribution in [0.1, 0.15) is 40.9 Å². The highest BCUT2D eigenvalue weighted by Gasteiger charge is 2.26. The highest BCUT2D eigenvalue weighted by molar-refractivity contribution is 6.02. The van der Waals surface area contributed by atoms with Gasteiger partial charge in [0, 0.05) is 31.6 Å². The summed E-state index contributed by atoms with van der Waals surface area (Å²) in [6.45, 7) is 5.62. The molecule has 3 rings (SSSR count). The van der Waals surface area contributed by atoms with Crippen LogP contribution in [0.4, 0.5) is 0 Å². The fourth-order valence-electron chi connectivity index (χ4n) is 3.71. The van der Waals surface area contributed by atoms with Crippen LogP contribution in [-0.4, -0.2) is 34.5 Å². The van der Waals surface area contributed by atoms with Gasteiger partial charge in [0.1, 0.15) is 5.69 Å². The lowest BCUT2D eigenvalue weighted by Gasteiger charge is -2.23. The van der Waals surface area contributed by atoms with Crippen LogP contribution >= 0.6 is 0 Å². The first-order valence-corrected chi connectivity index (χ1v) is 8.10. The zero-order chi connectivity index (χ0) is 15.9. The number of likely N-dealkylation sites (tertiary alicyclic amines) is 1. The van der Waals surface area contributed by atoms with Gasteiger partial charge < -0.3 is 15.2 Å². The lowest BCUT2D eigenvalue weighted by molar-refractivity contribution is 0.0745. The minimum absolute atomic E-state index is 0.100. The van der Waals surface area contributed by atoms with E-state index >= 15 is 0 Å². The van der Waals surface area contributed by atoms with E-state index in [0.717, 1.165) is 42.6 Å². The summed E-state index contributed by atoms with van der Waals surface area (Å²) in [5.41, 5.74) is 10.4. The van der Waals surface area contributed by atoms with Crippen LogP contribution in [0, 0.1) is 13.8 Å². The molecule has 1 saturated heterocycles. The molecule has 0 aliphatic carbocycles. The number of carbonyl (C=O) groups is 1. The molecule has 1 unspecified atom stereocenters. The third kappa shape index (κ3) is 2.41. The number of para-hydroxylation sites is 1. The van der Waals surface area contributed by atoms with Gasteiger partial charge in [-0.25, -0.2) is 0 Å². The Labute approximate surface area is 131 Å². The van der Waals surface area contributed by atoms with E-state index in [-0.39, 0.29) is 11.9 Å². The summed E-state index contributed by atoms with van der Waals surface area (Å²) in [5.74, 6) is 0.118. The molecule has 0 saturated carbocycles. The van der Waals surface area contributed by atoms with Gasteiger partial charge in [0.2, 0.25) is 0 Å². The van der Waals surface area contributed by atoms with Crippen molar-refractivity contribution in [1.29, 1.82) is 0 Å². The second-order valence-corrected chi connectivity index (χ2v) is 6.51. The van der Waals surface area contributed by atoms with Crippen LogP contribution < -0.4 is 5.73 Å². The number of rotatable bonds is 1. The SMILES string of the molecule is Cc1c(C(=O)N2CCCCC(N)C2)n(C)c2c(C)cccc12. The second kappa shape index (κ2) is 5.76. The predicted octanol–water partition coefficient (Wildman–Crippen LogP) is 2.75. The number of hydrogen-bond acceptors (Lipinski definition) is 2. The molecule has 0 spiro atoms. The van der Waals surface area contributed by atoms with Crippen LogP contribution in [0.2, 0.25) is 0 Å². The average molecular weight is 299 g/mol. The minimum Gasteiger partial charge on any atom is -0.339 e. The van der Waals surface area contributed by atoms with Crippen LogP contribution in [-0.2, 0) is 7.05 Å². The molecule has 2 N–H and O–H groups in total. The van der Waals surface area contributed by atoms with Gasteiger partial charge in [0.25, 0.3) is 5.91 Å². The summed E-state index contributed by atoms with van der Waals surface area (Å²) in [4.78, 5) is 15.0. The van der Waals surface area contributed by atoms with Crippen molar-refractivity contribution < 1.29 is 4.79 Å². The topological polar surface area (TPSA) is 51.3 Å². The van der Waals surface area contributed by atoms with Gasteiger partial charge >= 0.3 is 0 Å². The fourth-order valence-corrected chi connectivity index (χ4v) is 3.71. The summed E-state index contributed by atoms with van der Waals surface area (Å²) < 4.78 is 2.05. The van der Waals surface area contributed by atoms with E-state index in [1.165, 1.54) is 10.9 Å². The number of amides is 1. The Balaban J connectivity index is 2.06. The van der Waals surface area contributed by atoms with Gasteiger partial charge in [-0.1, -0.05) is 24.6 Å². The summed E-state index contributed by atoms with van der Waals surface area (Å²) in [6.07, 6.45) is 3.16. The average Bonchev–Trinajstić information content (AvgIpc) is 2.64. The number of aromatic nitrogens is 1. The van der Waals surface area contributed by atoms with Gasteiger partial charge in [0.05, 0.1) is 5.52 Å². The van der Waals surface area contributed by atoms with Crippen molar-refractivity contribution >= 4 is 16.8 Å². The maximum Gasteiger partial charge on any atom is 0.270 e. The van der Waals surface area contributed by atoms with Crippen molar-refractivity contribution in [3.05, 3.63) is 35.0 Å². The molecule has 2 heterocycles. The molecule has 0 bridgehead atoms. The quantitative estimate of drug-likeness (QED) is 0.880. The van der Waals surface area contributed by atoms with Gasteiger partial charge in [-0.05, 0) is 37.8 Å². The Morgan fingerprint density at radius 3 is 2.77 bits per heavy atom. The lowest BCUT2D eigenvalue weighted by Crippen LogP contribution is -2.40. The van der Waals surface area contributed by atoms with Crippen molar-refractivity contribution in [2.75, 3.05) is 13.1 Å². The Morgan fingerprint density at radius 1 is 1.27 bits per heavy atom. The van der Waals surface area contributed by atoms with E-state index in [4.69, 9.17) is 5.73 Å². The maximum atomic E-state index is 13.1. The first-order chi connectivity index (χ1) is 10.5. The molecule has 1 amide bonds. The third-order valence-electron chi connectivity index (χ3n) is 4.87. The number of nitrogens with zero attached hydrogens (tertiary/aromatic N) is 2. The zero-order valence-corrected chi connectivity index (χ0v) is 13.7. The van der Waals surface area contributed by atoms with Crippen LogP contribution in [0.25, 0.3) is 10.9 Å². The number of fused-ring (bicyclic) bond motifs is 1. The molecule has 0 radical (unpaired) electrons. The van der Waals surface area contributed by atoms with Crippen molar-refractivity contribution in [3.63, 3.8) is 0 Å². The number of nitrogens with two attached hydrogens (primary N) is 1. The summed E-state index contributed by atoms with van der Waals surface area (Å²) in [6, 6.07) is 6.35. The van der Waals surface area contributed by atoms with E-state index in [0.29, 0.717) is 6.54 Å². The van der Waals surface area contributed by atoms with Crippen LogP contribution in [0.3, 0.4) is 0 Å². The fraction of sp³-hybridized carbons (Fsp3) is 0.500. The van der Waals surface area contributed by atoms with Crippen molar-refractivity contribution in [3.8, 4) is 0 Å². The third-order valence-corrected chi connectivity index (χ3v) is 4.87. The molecule has 1 aliphatic rings. The molecule has 118 valence electrons. The van der Waals surface area contributed by atoms with Crippen molar-refractivity contribution in [2.24, 2.45) is 12.8 Å². The molecule has 1 aliphatic heterocycles. The standard InChI is InChI=1S/C18H25N3O/c1-12-7-6-9-15-13(2)17(20(3)16(12)15)18(22)21-10-5-4-8-14(19)11-21/h6-7,9,14H,4-5,8,10-11,19H2,1-3H3. The van der Waals surface area contributed by atoms with Crippen molar-refractivity contribution in [1.82, 2.24) is 9.47 Å². The van der Waals surface area contributed by atoms with Crippen LogP contribution in [0.5, 0.6) is 0 Å². The number of carbonyl (C=O) groups excluding carboxylic acids is 1. The number of aryl methyl sites for hydroxylation is 3. The Hall–Kier alpha value is -1.81. The minimum atomic E-state index is 0.100. The lowest BCUT2D eigenvalue weighted by atomic mass is 10.1. The summed E-state index contributed by atoms with van der Waals surface area (Å²) in [7, 11) is 1.99. The molecule has 1 atom stereocenters. The Kier molecular flexibility index (Phi) is 3.96. The molecule has 2 aromatic rings. The second-order valence-electron chi connectivity index (χ2n) is 6.51. The predicted molar refractivity (Wildman–Crippen MR) is 90.1 cm³/mol. The van der Waals surface area contributed by atoms with E-state index in [1.54, 1.807) is 0 Å². The molecule has 1 aromatic heterocycles. The van der Waals surface area contributed by atoms with Gasteiger partial charge in [-0.2, -0.15) is 0 Å². The molecule has 22 heavy (non-hydrogen) atoms. The Morgan fingerprint density at radius 2 is 2.05 bits per heavy atom. The van der Waals surface area contributed by atoms with Gasteiger partial charge in [-0.3, -0.25) is 4.79 Å². The highest BCUT2D eigenvalue weighted by Crippen LogP contribution is 2.28. The zero-order valence-electron chi connectivity index (χ0n) is 13.7. The number of hydrogen-bond donors (Lipinski definition) is 1. The molecular formula is C18H25N3O. The largest absolute Gasteiger partial charge is 0.339 e. The number of benzene rings is 1. The first-order valence-electron chi connectivity index (χ1n) is 8.10. The normalized spacial score (nSPS) is 19.5. The summed E-state index contributed by atoms with van der Waals surface area (Å²) in [5, 5.41) is 1.17. The first kappa shape index (κ1) is 15.1. The van der Waals surface area contributed by atoms with E-state index < -0.39 is 0 Å². The smallest absolute Gasteiger partial charge is 0.270 e. The molecule has 1 aromatic carbocycles. The van der Waals surface area contributed by atoms with E-state index in [1.807, 2.05) is 18.9 Å². The van der Waals surface area contributed by atoms with Gasteiger partial charge in [-0.15, -0.1) is 0 Å². The molecular weight excluding hydrogens is 274 g/mol. The van der Waals surface area contributed by atoms with E-state index in [2.05, 4.69) is 29.7 Å². The summed E-state index contributed by atoms with van der Waals surface area (Å²) >= 11 is 0. The van der Waals surface area contributed by atoms with Crippen molar-refractivity contribution in [2.45, 2.75) is 39.2 Å². The van der Waals surface area contributed by atoms with E-state index in [9.17, 15) is 4.79 Å². The molecule has 1 fully saturated rings. The Bertz CT molecular complexity index is 717. The van der Waals surface area contributed by atoms with Gasteiger partial charge in [0.15, 0.2) is 0 Å².